The molecule has 1 unspecified atom stereocenters. The van der Waals surface area contributed by atoms with Gasteiger partial charge in [0, 0.05) is 32.6 Å². The van der Waals surface area contributed by atoms with Crippen LogP contribution in [0.2, 0.25) is 0 Å². The number of methoxy groups -OCH3 is 1. The second-order valence-corrected chi connectivity index (χ2v) is 10.7. The van der Waals surface area contributed by atoms with E-state index in [2.05, 4.69) is 4.98 Å². The Morgan fingerprint density at radius 2 is 1.84 bits per heavy atom. The zero-order valence-corrected chi connectivity index (χ0v) is 24.1. The quantitative estimate of drug-likeness (QED) is 0.363. The molecule has 7 rings (SSSR count). The molecule has 4 aromatic rings. The number of carbonyl (C=O) groups is 2. The lowest BCUT2D eigenvalue weighted by Gasteiger charge is -2.38. The van der Waals surface area contributed by atoms with Crippen LogP contribution >= 0.6 is 0 Å². The van der Waals surface area contributed by atoms with E-state index >= 15 is 0 Å². The third-order valence-electron chi connectivity index (χ3n) is 7.96. The summed E-state index contributed by atoms with van der Waals surface area (Å²) in [6, 6.07) is 18.8. The van der Waals surface area contributed by atoms with E-state index in [9.17, 15) is 14.4 Å². The van der Waals surface area contributed by atoms with E-state index < -0.39 is 11.5 Å². The molecule has 1 atom stereocenters. The Hall–Kier alpha value is -4.70. The lowest BCUT2D eigenvalue weighted by molar-refractivity contribution is -0.134. The number of carbonyl (C=O) groups excluding carboxylic acids is 2. The molecular formula is C33H34N4O6. The number of aromatic nitrogens is 2. The highest BCUT2D eigenvalue weighted by molar-refractivity contribution is 5.93. The molecule has 0 fully saturated rings. The smallest absolute Gasteiger partial charge is 0.270 e. The molecule has 0 saturated carbocycles. The van der Waals surface area contributed by atoms with Crippen LogP contribution in [0, 0.1) is 0 Å². The molecule has 5 heterocycles. The minimum absolute atomic E-state index is 0.0103. The molecule has 10 nitrogen and oxygen atoms in total. The van der Waals surface area contributed by atoms with E-state index in [0.717, 1.165) is 16.7 Å². The summed E-state index contributed by atoms with van der Waals surface area (Å²) < 4.78 is 18.8. The average molecular weight is 583 g/mol. The number of nitrogens with zero attached hydrogens (tertiary/aromatic N) is 4. The Labute approximate surface area is 249 Å². The van der Waals surface area contributed by atoms with Crippen LogP contribution in [0.3, 0.4) is 0 Å². The Morgan fingerprint density at radius 1 is 0.977 bits per heavy atom. The molecule has 2 aromatic heterocycles. The normalized spacial score (nSPS) is 16.9. The van der Waals surface area contributed by atoms with Gasteiger partial charge in [-0.15, -0.1) is 0 Å². The first kappa shape index (κ1) is 28.4. The topological polar surface area (TPSA) is 103 Å². The van der Waals surface area contributed by atoms with E-state index in [1.54, 1.807) is 36.4 Å². The summed E-state index contributed by atoms with van der Waals surface area (Å²) in [5, 5.41) is 0. The van der Waals surface area contributed by atoms with Gasteiger partial charge >= 0.3 is 0 Å². The SMILES string of the molecule is COCCC(=O)N1CCc2cc3ccc2C1c1cccc(c1)OCCCN(C(=O)c1cnc2ccccn2c1=O)CCO3. The second kappa shape index (κ2) is 12.7. The molecule has 2 aromatic carbocycles. The first-order valence-corrected chi connectivity index (χ1v) is 14.6. The molecule has 6 bridgehead atoms. The third-order valence-corrected chi connectivity index (χ3v) is 7.96. The number of pyridine rings is 1. The van der Waals surface area contributed by atoms with Crippen molar-refractivity contribution in [3.05, 3.63) is 106 Å². The Balaban J connectivity index is 1.29. The van der Waals surface area contributed by atoms with Crippen molar-refractivity contribution in [1.29, 1.82) is 0 Å². The van der Waals surface area contributed by atoms with Crippen molar-refractivity contribution in [2.75, 3.05) is 46.6 Å². The summed E-state index contributed by atoms with van der Waals surface area (Å²) in [6.45, 7) is 2.21. The fourth-order valence-electron chi connectivity index (χ4n) is 5.81. The fraction of sp³-hybridized carbons (Fsp3) is 0.333. The molecule has 0 N–H and O–H groups in total. The number of hydrogen-bond acceptors (Lipinski definition) is 7. The summed E-state index contributed by atoms with van der Waals surface area (Å²) in [5.74, 6) is 1.04. The van der Waals surface area contributed by atoms with Crippen molar-refractivity contribution >= 4 is 17.5 Å². The minimum Gasteiger partial charge on any atom is -0.494 e. The first-order chi connectivity index (χ1) is 21.0. The van der Waals surface area contributed by atoms with E-state index in [1.165, 1.54) is 10.6 Å². The zero-order chi connectivity index (χ0) is 29.8. The van der Waals surface area contributed by atoms with Crippen molar-refractivity contribution in [2.24, 2.45) is 0 Å². The summed E-state index contributed by atoms with van der Waals surface area (Å²) in [5.41, 5.74) is 3.21. The van der Waals surface area contributed by atoms with Gasteiger partial charge in [0.15, 0.2) is 0 Å². The van der Waals surface area contributed by atoms with E-state index in [0.29, 0.717) is 62.7 Å². The predicted octanol–water partition coefficient (Wildman–Crippen LogP) is 3.51. The lowest BCUT2D eigenvalue weighted by atomic mass is 9.87. The van der Waals surface area contributed by atoms with Crippen LogP contribution in [0.15, 0.2) is 77.9 Å². The van der Waals surface area contributed by atoms with Crippen LogP contribution in [0.1, 0.15) is 45.9 Å². The minimum atomic E-state index is -0.407. The predicted molar refractivity (Wildman–Crippen MR) is 160 cm³/mol. The Bertz CT molecular complexity index is 1700. The van der Waals surface area contributed by atoms with Crippen LogP contribution in [0.4, 0.5) is 0 Å². The van der Waals surface area contributed by atoms with Gasteiger partial charge in [-0.2, -0.15) is 0 Å². The third kappa shape index (κ3) is 5.96. The van der Waals surface area contributed by atoms with Crippen molar-refractivity contribution in [3.63, 3.8) is 0 Å². The van der Waals surface area contributed by atoms with Crippen molar-refractivity contribution in [3.8, 4) is 11.5 Å². The Kier molecular flexibility index (Phi) is 8.37. The highest BCUT2D eigenvalue weighted by Gasteiger charge is 2.32. The molecular weight excluding hydrogens is 548 g/mol. The van der Waals surface area contributed by atoms with Crippen molar-refractivity contribution in [2.45, 2.75) is 25.3 Å². The standard InChI is InChI=1S/C33H34N4O6/c1-41-18-12-30(38)37-15-11-23-20-26-9-10-27(23)31(37)24-6-4-7-25(21-24)42-17-5-13-35(16-19-43-26)32(39)28-22-34-29-8-2-3-14-36(29)33(28)40/h2-4,6-10,14,20-22,31H,5,11-13,15-19H2,1H3. The lowest BCUT2D eigenvalue weighted by Crippen LogP contribution is -2.41. The number of rotatable bonds is 4. The van der Waals surface area contributed by atoms with E-state index in [1.807, 2.05) is 47.4 Å². The van der Waals surface area contributed by atoms with Gasteiger partial charge in [-0.3, -0.25) is 18.8 Å². The van der Waals surface area contributed by atoms with Gasteiger partial charge in [0.1, 0.15) is 29.3 Å². The summed E-state index contributed by atoms with van der Waals surface area (Å²) in [4.78, 5) is 47.8. The van der Waals surface area contributed by atoms with Crippen molar-refractivity contribution in [1.82, 2.24) is 19.2 Å². The highest BCUT2D eigenvalue weighted by atomic mass is 16.5. The number of fused-ring (bicyclic) bond motifs is 9. The monoisotopic (exact) mass is 582 g/mol. The maximum Gasteiger partial charge on any atom is 0.270 e. The largest absolute Gasteiger partial charge is 0.494 e. The Morgan fingerprint density at radius 3 is 2.72 bits per heavy atom. The summed E-state index contributed by atoms with van der Waals surface area (Å²) >= 11 is 0. The molecule has 0 aliphatic carbocycles. The number of amides is 2. The van der Waals surface area contributed by atoms with Crippen molar-refractivity contribution < 1.29 is 23.8 Å². The van der Waals surface area contributed by atoms with Gasteiger partial charge in [-0.25, -0.2) is 4.98 Å². The van der Waals surface area contributed by atoms with Gasteiger partial charge < -0.3 is 24.0 Å². The molecule has 0 radical (unpaired) electrons. The number of hydrogen-bond donors (Lipinski definition) is 0. The fourth-order valence-corrected chi connectivity index (χ4v) is 5.81. The molecule has 0 spiro atoms. The number of benzene rings is 2. The van der Waals surface area contributed by atoms with Gasteiger partial charge in [0.25, 0.3) is 11.5 Å². The van der Waals surface area contributed by atoms with Gasteiger partial charge in [0.2, 0.25) is 5.91 Å². The summed E-state index contributed by atoms with van der Waals surface area (Å²) in [6.07, 6.45) is 4.51. The zero-order valence-electron chi connectivity index (χ0n) is 24.1. The molecule has 222 valence electrons. The van der Waals surface area contributed by atoms with E-state index in [4.69, 9.17) is 14.2 Å². The maximum atomic E-state index is 13.6. The first-order valence-electron chi connectivity index (χ1n) is 14.6. The van der Waals surface area contributed by atoms with Gasteiger partial charge in [-0.1, -0.05) is 24.3 Å². The number of ether oxygens (including phenoxy) is 3. The van der Waals surface area contributed by atoms with Crippen LogP contribution in [0.5, 0.6) is 11.5 Å². The molecule has 2 amide bonds. The molecule has 43 heavy (non-hydrogen) atoms. The van der Waals surface area contributed by atoms with Gasteiger partial charge in [-0.05, 0) is 65.9 Å². The average Bonchev–Trinajstić information content (AvgIpc) is 3.03. The van der Waals surface area contributed by atoms with Crippen LogP contribution in [-0.4, -0.2) is 77.6 Å². The van der Waals surface area contributed by atoms with Crippen LogP contribution in [0.25, 0.3) is 5.65 Å². The van der Waals surface area contributed by atoms with E-state index in [-0.39, 0.29) is 30.7 Å². The molecule has 10 heteroatoms. The maximum absolute atomic E-state index is 13.6. The molecule has 3 aliphatic heterocycles. The highest BCUT2D eigenvalue weighted by Crippen LogP contribution is 2.38. The summed E-state index contributed by atoms with van der Waals surface area (Å²) in [7, 11) is 1.60. The van der Waals surface area contributed by atoms with Crippen LogP contribution in [-0.2, 0) is 16.0 Å². The van der Waals surface area contributed by atoms with Crippen LogP contribution < -0.4 is 15.0 Å². The van der Waals surface area contributed by atoms with Gasteiger partial charge in [0.05, 0.1) is 32.2 Å². The molecule has 3 aliphatic rings. The molecule has 0 saturated heterocycles. The second-order valence-electron chi connectivity index (χ2n) is 10.7.